The molecule has 0 amide bonds. The van der Waals surface area contributed by atoms with Crippen LogP contribution in [0.1, 0.15) is 0 Å². The monoisotopic (exact) mass is 1010 g/mol. The number of aromatic nitrogens is 1. The molecule has 2 aliphatic heterocycles. The predicted molar refractivity (Wildman–Crippen MR) is 338 cm³/mol. The highest BCUT2D eigenvalue weighted by Crippen LogP contribution is 2.52. The van der Waals surface area contributed by atoms with Gasteiger partial charge in [0.25, 0.3) is 6.71 Å². The Morgan fingerprint density at radius 3 is 1.32 bits per heavy atom. The maximum atomic E-state index is 2.66. The minimum absolute atomic E-state index is 0.102. The number of benzene rings is 13. The lowest BCUT2D eigenvalue weighted by atomic mass is 9.33. The van der Waals surface area contributed by atoms with Crippen molar-refractivity contribution < 1.29 is 0 Å². The summed E-state index contributed by atoms with van der Waals surface area (Å²) in [7, 11) is 0. The van der Waals surface area contributed by atoms with Crippen LogP contribution in [-0.2, 0) is 0 Å². The van der Waals surface area contributed by atoms with Gasteiger partial charge in [-0.1, -0.05) is 231 Å². The van der Waals surface area contributed by atoms with E-state index in [4.69, 9.17) is 0 Å². The Morgan fingerprint density at radius 2 is 0.750 bits per heavy atom. The topological polar surface area (TPSA) is 11.4 Å². The normalized spacial score (nSPS) is 12.4. The molecule has 1 aliphatic carbocycles. The van der Waals surface area contributed by atoms with Crippen LogP contribution in [-0.4, -0.2) is 11.3 Å². The lowest BCUT2D eigenvalue weighted by Gasteiger charge is -2.41. The molecule has 17 rings (SSSR count). The van der Waals surface area contributed by atoms with Crippen LogP contribution in [0.5, 0.6) is 0 Å². The first-order valence-corrected chi connectivity index (χ1v) is 27.8. The van der Waals surface area contributed by atoms with E-state index in [1.807, 2.05) is 0 Å². The fourth-order valence-electron chi connectivity index (χ4n) is 13.8. The lowest BCUT2D eigenvalue weighted by molar-refractivity contribution is 1.16. The summed E-state index contributed by atoms with van der Waals surface area (Å²) in [6, 6.07) is 108. The van der Waals surface area contributed by atoms with Crippen molar-refractivity contribution in [1.82, 2.24) is 4.57 Å². The highest BCUT2D eigenvalue weighted by atomic mass is 15.2. The fraction of sp³-hybridized carbons (Fsp3) is 0. The van der Waals surface area contributed by atoms with Crippen LogP contribution >= 0.6 is 0 Å². The van der Waals surface area contributed by atoms with Crippen LogP contribution in [0.15, 0.2) is 291 Å². The van der Waals surface area contributed by atoms with Gasteiger partial charge in [-0.15, -0.1) is 0 Å². The van der Waals surface area contributed by atoms with E-state index in [9.17, 15) is 0 Å². The Hall–Kier alpha value is -10.4. The molecule has 3 aliphatic rings. The average molecular weight is 1010 g/mol. The highest BCUT2D eigenvalue weighted by Gasteiger charge is 2.44. The van der Waals surface area contributed by atoms with Crippen LogP contribution in [0.25, 0.3) is 105 Å². The Labute approximate surface area is 465 Å². The zero-order valence-electron chi connectivity index (χ0n) is 43.6. The lowest BCUT2D eigenvalue weighted by Crippen LogP contribution is -2.60. The summed E-state index contributed by atoms with van der Waals surface area (Å²) in [6.45, 7) is -0.102. The molecule has 3 heterocycles. The zero-order valence-corrected chi connectivity index (χ0v) is 43.6. The van der Waals surface area contributed by atoms with Gasteiger partial charge in [0.05, 0.1) is 16.7 Å². The van der Waals surface area contributed by atoms with Gasteiger partial charge in [0.15, 0.2) is 0 Å². The summed E-state index contributed by atoms with van der Waals surface area (Å²) in [5.41, 5.74) is 28.9. The van der Waals surface area contributed by atoms with Gasteiger partial charge in [0.1, 0.15) is 0 Å². The summed E-state index contributed by atoms with van der Waals surface area (Å²) in [4.78, 5) is 5.03. The molecule has 0 N–H and O–H groups in total. The van der Waals surface area contributed by atoms with Crippen LogP contribution in [0.4, 0.5) is 34.1 Å². The molecule has 0 radical (unpaired) electrons. The summed E-state index contributed by atoms with van der Waals surface area (Å²) in [5.74, 6) is 0. The molecule has 14 aromatic rings. The van der Waals surface area contributed by atoms with E-state index >= 15 is 0 Å². The van der Waals surface area contributed by atoms with Crippen molar-refractivity contribution >= 4 is 89.8 Å². The Kier molecular flexibility index (Phi) is 9.81. The molecule has 1 aromatic heterocycles. The molecule has 0 fully saturated rings. The minimum Gasteiger partial charge on any atom is -0.311 e. The zero-order chi connectivity index (χ0) is 52.4. The second-order valence-electron chi connectivity index (χ2n) is 21.6. The van der Waals surface area contributed by atoms with E-state index in [2.05, 4.69) is 306 Å². The van der Waals surface area contributed by atoms with Gasteiger partial charge in [-0.05, 0) is 155 Å². The fourth-order valence-corrected chi connectivity index (χ4v) is 13.8. The summed E-state index contributed by atoms with van der Waals surface area (Å²) in [6.07, 6.45) is 0. The number of anilines is 6. The third kappa shape index (κ3) is 6.69. The van der Waals surface area contributed by atoms with Crippen molar-refractivity contribution in [3.05, 3.63) is 291 Å². The highest BCUT2D eigenvalue weighted by molar-refractivity contribution is 7.00. The molecule has 13 aromatic carbocycles. The van der Waals surface area contributed by atoms with Crippen LogP contribution in [0, 0.1) is 0 Å². The first-order valence-electron chi connectivity index (χ1n) is 27.8. The van der Waals surface area contributed by atoms with E-state index in [0.29, 0.717) is 0 Å². The third-order valence-corrected chi connectivity index (χ3v) is 17.3. The SMILES string of the molecule is c1ccc(-c2ccc(N(c3ccc(-c4ccccc4)cc3)c3cc4c5c(c3)-n3c6cccc7c6c6c8c(cccc8cc(c63)B5c3cc(-c5ccccc5)ccc3N4c3ccc(-c4ccccc4)cc3)-c3ccccc3-7)cc2)cc1. The molecule has 80 heavy (non-hydrogen) atoms. The van der Waals surface area contributed by atoms with E-state index in [0.717, 1.165) is 28.4 Å². The molecule has 0 unspecified atom stereocenters. The second kappa shape index (κ2) is 17.6. The van der Waals surface area contributed by atoms with E-state index in [1.165, 1.54) is 127 Å². The number of hydrogen-bond donors (Lipinski definition) is 0. The van der Waals surface area contributed by atoms with Crippen molar-refractivity contribution in [2.75, 3.05) is 9.80 Å². The summed E-state index contributed by atoms with van der Waals surface area (Å²) < 4.78 is 2.66. The number of rotatable bonds is 8. The van der Waals surface area contributed by atoms with Crippen LogP contribution < -0.4 is 26.2 Å². The Bertz CT molecular complexity index is 4700. The molecule has 370 valence electrons. The smallest absolute Gasteiger partial charge is 0.252 e. The van der Waals surface area contributed by atoms with Crippen LogP contribution in [0.2, 0.25) is 0 Å². The van der Waals surface area contributed by atoms with Gasteiger partial charge >= 0.3 is 0 Å². The van der Waals surface area contributed by atoms with E-state index in [-0.39, 0.29) is 6.71 Å². The predicted octanol–water partition coefficient (Wildman–Crippen LogP) is 18.3. The molecule has 0 atom stereocenters. The molecule has 0 bridgehead atoms. The number of nitrogens with zero attached hydrogens (tertiary/aromatic N) is 3. The molecule has 0 saturated carbocycles. The molecular formula is C76H48BN3. The van der Waals surface area contributed by atoms with E-state index in [1.54, 1.807) is 0 Å². The van der Waals surface area contributed by atoms with Gasteiger partial charge in [-0.25, -0.2) is 0 Å². The van der Waals surface area contributed by atoms with Gasteiger partial charge in [0.2, 0.25) is 0 Å². The van der Waals surface area contributed by atoms with Crippen molar-refractivity contribution in [3.8, 4) is 72.4 Å². The third-order valence-electron chi connectivity index (χ3n) is 17.3. The average Bonchev–Trinajstić information content (AvgIpc) is 4.03. The first kappa shape index (κ1) is 44.7. The summed E-state index contributed by atoms with van der Waals surface area (Å²) in [5, 5.41) is 5.22. The largest absolute Gasteiger partial charge is 0.311 e. The van der Waals surface area contributed by atoms with Crippen molar-refractivity contribution in [3.63, 3.8) is 0 Å². The molecule has 3 nitrogen and oxygen atoms in total. The Balaban J connectivity index is 0.996. The van der Waals surface area contributed by atoms with Crippen molar-refractivity contribution in [2.24, 2.45) is 0 Å². The second-order valence-corrected chi connectivity index (χ2v) is 21.6. The maximum absolute atomic E-state index is 2.66. The number of fused-ring (bicyclic) bond motifs is 8. The van der Waals surface area contributed by atoms with E-state index < -0.39 is 0 Å². The van der Waals surface area contributed by atoms with Crippen molar-refractivity contribution in [1.29, 1.82) is 0 Å². The quantitative estimate of drug-likeness (QED) is 0.141. The van der Waals surface area contributed by atoms with Crippen molar-refractivity contribution in [2.45, 2.75) is 0 Å². The standard InChI is InChI=1S/C76H48BN3/c1-5-17-49(18-6-1)53-31-38-58(39-32-53)78(59-40-33-54(34-41-59)50-19-7-2-8-20-50)61-47-70-75-71(48-61)80-69-30-16-29-65-63-27-14-13-26-62(63)64-28-15-25-57-46-67(76(80)74(72(57)64)73(65)69)77(75)66-45-56(52-23-11-4-12-24-52)37-44-68(66)79(70)60-42-35-55(36-43-60)51-21-9-3-10-22-51/h1-48H. The van der Waals surface area contributed by atoms with Crippen LogP contribution in [0.3, 0.4) is 0 Å². The number of hydrogen-bond acceptors (Lipinski definition) is 2. The van der Waals surface area contributed by atoms with Gasteiger partial charge in [0, 0.05) is 44.9 Å². The molecule has 4 heteroatoms. The van der Waals surface area contributed by atoms with Gasteiger partial charge < -0.3 is 14.4 Å². The van der Waals surface area contributed by atoms with Gasteiger partial charge in [-0.2, -0.15) is 0 Å². The molecule has 0 saturated heterocycles. The Morgan fingerprint density at radius 1 is 0.287 bits per heavy atom. The molecule has 0 spiro atoms. The summed E-state index contributed by atoms with van der Waals surface area (Å²) >= 11 is 0. The maximum Gasteiger partial charge on any atom is 0.252 e. The van der Waals surface area contributed by atoms with Gasteiger partial charge in [-0.3, -0.25) is 0 Å². The first-order chi connectivity index (χ1) is 39.7. The minimum atomic E-state index is -0.102. The molecular weight excluding hydrogens is 966 g/mol.